The van der Waals surface area contributed by atoms with Crippen molar-refractivity contribution in [3.05, 3.63) is 47.5 Å². The van der Waals surface area contributed by atoms with Crippen LogP contribution in [0.1, 0.15) is 47.4 Å². The van der Waals surface area contributed by atoms with E-state index in [9.17, 15) is 9.59 Å². The molecule has 0 unspecified atom stereocenters. The Hall–Kier alpha value is -2.82. The highest BCUT2D eigenvalue weighted by Gasteiger charge is 2.11. The van der Waals surface area contributed by atoms with Gasteiger partial charge in [0.15, 0.2) is 11.6 Å². The van der Waals surface area contributed by atoms with Gasteiger partial charge in [0.1, 0.15) is 11.5 Å². The molecule has 120 valence electrons. The van der Waals surface area contributed by atoms with Crippen LogP contribution < -0.4 is 16.2 Å². The molecule has 2 aromatic carbocycles. The highest BCUT2D eigenvalue weighted by atomic mass is 16.5. The van der Waals surface area contributed by atoms with E-state index in [-0.39, 0.29) is 11.6 Å². The highest BCUT2D eigenvalue weighted by Crippen LogP contribution is 2.28. The monoisotopic (exact) mass is 312 g/mol. The largest absolute Gasteiger partial charge is 0.457 e. The van der Waals surface area contributed by atoms with E-state index in [1.54, 1.807) is 36.4 Å². The Morgan fingerprint density at radius 3 is 2.22 bits per heavy atom. The summed E-state index contributed by atoms with van der Waals surface area (Å²) in [6.07, 6.45) is 1.24. The highest BCUT2D eigenvalue weighted by molar-refractivity contribution is 6.01. The molecule has 5 heteroatoms. The van der Waals surface area contributed by atoms with Crippen LogP contribution >= 0.6 is 0 Å². The lowest BCUT2D eigenvalue weighted by Gasteiger charge is -2.11. The Kier molecular flexibility index (Phi) is 5.01. The number of hydrogen-bond acceptors (Lipinski definition) is 5. The first-order valence-corrected chi connectivity index (χ1v) is 7.43. The van der Waals surface area contributed by atoms with Crippen molar-refractivity contribution in [1.29, 1.82) is 0 Å². The van der Waals surface area contributed by atoms with Gasteiger partial charge in [0.25, 0.3) is 0 Å². The van der Waals surface area contributed by atoms with Crippen molar-refractivity contribution in [1.82, 2.24) is 0 Å². The topological polar surface area (TPSA) is 95.4 Å². The molecule has 0 aliphatic heterocycles. The standard InChI is InChI=1S/C18H20N2O3/c1-3-4-18(22)14-7-5-13(10-17(14)20)23-12-6-8-16(19)15(9-12)11(2)21/h5-10H,3-4,19-20H2,1-2H3. The van der Waals surface area contributed by atoms with Gasteiger partial charge in [-0.3, -0.25) is 9.59 Å². The maximum atomic E-state index is 11.9. The van der Waals surface area contributed by atoms with E-state index in [0.29, 0.717) is 40.4 Å². The van der Waals surface area contributed by atoms with Crippen LogP contribution in [0.25, 0.3) is 0 Å². The molecule has 23 heavy (non-hydrogen) atoms. The summed E-state index contributed by atoms with van der Waals surface area (Å²) in [7, 11) is 0. The molecule has 0 heterocycles. The van der Waals surface area contributed by atoms with Gasteiger partial charge in [0, 0.05) is 35.0 Å². The van der Waals surface area contributed by atoms with Gasteiger partial charge in [-0.15, -0.1) is 0 Å². The lowest BCUT2D eigenvalue weighted by atomic mass is 10.0. The fraction of sp³-hybridized carbons (Fsp3) is 0.222. The van der Waals surface area contributed by atoms with Crippen LogP contribution in [0.4, 0.5) is 11.4 Å². The molecule has 4 N–H and O–H groups in total. The van der Waals surface area contributed by atoms with Gasteiger partial charge in [-0.05, 0) is 43.7 Å². The Labute approximate surface area is 135 Å². The van der Waals surface area contributed by atoms with Crippen LogP contribution in [0, 0.1) is 0 Å². The number of nitrogens with two attached hydrogens (primary N) is 2. The second-order valence-corrected chi connectivity index (χ2v) is 5.33. The van der Waals surface area contributed by atoms with E-state index in [0.717, 1.165) is 6.42 Å². The average molecular weight is 312 g/mol. The maximum Gasteiger partial charge on any atom is 0.164 e. The number of hydrogen-bond donors (Lipinski definition) is 2. The summed E-state index contributed by atoms with van der Waals surface area (Å²) in [6, 6.07) is 9.83. The molecule has 0 aromatic heterocycles. The summed E-state index contributed by atoms with van der Waals surface area (Å²) in [4.78, 5) is 23.4. The Morgan fingerprint density at radius 1 is 0.957 bits per heavy atom. The Morgan fingerprint density at radius 2 is 1.61 bits per heavy atom. The van der Waals surface area contributed by atoms with Gasteiger partial charge in [-0.2, -0.15) is 0 Å². The van der Waals surface area contributed by atoms with E-state index < -0.39 is 0 Å². The number of Topliss-reactive ketones (excluding diaryl/α,β-unsaturated/α-hetero) is 2. The summed E-state index contributed by atoms with van der Waals surface area (Å²) in [5.41, 5.74) is 13.4. The number of nitrogen functional groups attached to an aromatic ring is 2. The van der Waals surface area contributed by atoms with Crippen molar-refractivity contribution in [3.63, 3.8) is 0 Å². The molecule has 0 spiro atoms. The van der Waals surface area contributed by atoms with Crippen LogP contribution in [0.3, 0.4) is 0 Å². The quantitative estimate of drug-likeness (QED) is 0.624. The van der Waals surface area contributed by atoms with Gasteiger partial charge < -0.3 is 16.2 Å². The number of ketones is 2. The second-order valence-electron chi connectivity index (χ2n) is 5.33. The molecule has 0 bridgehead atoms. The molecule has 5 nitrogen and oxygen atoms in total. The van der Waals surface area contributed by atoms with Crippen molar-refractivity contribution in [3.8, 4) is 11.5 Å². The van der Waals surface area contributed by atoms with Crippen molar-refractivity contribution in [2.75, 3.05) is 11.5 Å². The molecule has 0 aliphatic carbocycles. The summed E-state index contributed by atoms with van der Waals surface area (Å²) in [5.74, 6) is 0.863. The van der Waals surface area contributed by atoms with Crippen molar-refractivity contribution in [2.45, 2.75) is 26.7 Å². The van der Waals surface area contributed by atoms with E-state index >= 15 is 0 Å². The summed E-state index contributed by atoms with van der Waals surface area (Å²) in [6.45, 7) is 3.39. The first-order valence-electron chi connectivity index (χ1n) is 7.43. The zero-order valence-corrected chi connectivity index (χ0v) is 13.3. The number of anilines is 2. The minimum absolute atomic E-state index is 0.0166. The first kappa shape index (κ1) is 16.5. The van der Waals surface area contributed by atoms with Gasteiger partial charge in [0.2, 0.25) is 0 Å². The third kappa shape index (κ3) is 3.88. The van der Waals surface area contributed by atoms with E-state index in [4.69, 9.17) is 16.2 Å². The van der Waals surface area contributed by atoms with Crippen molar-refractivity contribution in [2.24, 2.45) is 0 Å². The Bertz CT molecular complexity index is 754. The second kappa shape index (κ2) is 6.96. The van der Waals surface area contributed by atoms with Gasteiger partial charge in [-0.1, -0.05) is 6.92 Å². The third-order valence-electron chi connectivity index (χ3n) is 3.44. The molecule has 0 radical (unpaired) electrons. The molecule has 0 atom stereocenters. The van der Waals surface area contributed by atoms with Crippen LogP contribution in [0.2, 0.25) is 0 Å². The smallest absolute Gasteiger partial charge is 0.164 e. The Balaban J connectivity index is 2.24. The van der Waals surface area contributed by atoms with E-state index in [1.807, 2.05) is 6.92 Å². The normalized spacial score (nSPS) is 10.3. The predicted molar refractivity (Wildman–Crippen MR) is 91.0 cm³/mol. The van der Waals surface area contributed by atoms with Gasteiger partial charge >= 0.3 is 0 Å². The number of carbonyl (C=O) groups excluding carboxylic acids is 2. The van der Waals surface area contributed by atoms with Gasteiger partial charge in [0.05, 0.1) is 0 Å². The minimum atomic E-state index is -0.132. The lowest BCUT2D eigenvalue weighted by molar-refractivity contribution is 0.0980. The zero-order valence-electron chi connectivity index (χ0n) is 13.3. The lowest BCUT2D eigenvalue weighted by Crippen LogP contribution is -2.03. The number of rotatable bonds is 6. The number of ether oxygens (including phenoxy) is 1. The average Bonchev–Trinajstić information content (AvgIpc) is 2.49. The first-order chi connectivity index (χ1) is 10.9. The molecule has 0 fully saturated rings. The third-order valence-corrected chi connectivity index (χ3v) is 3.44. The molecule has 0 saturated carbocycles. The fourth-order valence-electron chi connectivity index (χ4n) is 2.26. The van der Waals surface area contributed by atoms with E-state index in [2.05, 4.69) is 0 Å². The SMILES string of the molecule is CCCC(=O)c1ccc(Oc2ccc(N)c(C(C)=O)c2)cc1N. The summed E-state index contributed by atoms with van der Waals surface area (Å²) >= 11 is 0. The van der Waals surface area contributed by atoms with Crippen molar-refractivity contribution >= 4 is 22.9 Å². The van der Waals surface area contributed by atoms with Crippen LogP contribution in [-0.4, -0.2) is 11.6 Å². The molecule has 0 aliphatic rings. The molecule has 0 amide bonds. The maximum absolute atomic E-state index is 11.9. The number of benzene rings is 2. The molecule has 2 rings (SSSR count). The summed E-state index contributed by atoms with van der Waals surface area (Å²) in [5, 5.41) is 0. The van der Waals surface area contributed by atoms with Crippen LogP contribution in [-0.2, 0) is 0 Å². The van der Waals surface area contributed by atoms with Crippen LogP contribution in [0.5, 0.6) is 11.5 Å². The minimum Gasteiger partial charge on any atom is -0.457 e. The molecule has 2 aromatic rings. The fourth-order valence-corrected chi connectivity index (χ4v) is 2.26. The number of carbonyl (C=O) groups is 2. The molecular weight excluding hydrogens is 292 g/mol. The zero-order chi connectivity index (χ0) is 17.0. The summed E-state index contributed by atoms with van der Waals surface area (Å²) < 4.78 is 5.70. The predicted octanol–water partition coefficient (Wildman–Crippen LogP) is 3.83. The molecular formula is C18H20N2O3. The van der Waals surface area contributed by atoms with Gasteiger partial charge in [-0.25, -0.2) is 0 Å². The van der Waals surface area contributed by atoms with E-state index in [1.165, 1.54) is 6.92 Å². The molecule has 0 saturated heterocycles. The van der Waals surface area contributed by atoms with Crippen LogP contribution in [0.15, 0.2) is 36.4 Å². The van der Waals surface area contributed by atoms with Crippen molar-refractivity contribution < 1.29 is 14.3 Å².